The molecule has 0 unspecified atom stereocenters. The lowest BCUT2D eigenvalue weighted by atomic mass is 10.0. The lowest BCUT2D eigenvalue weighted by molar-refractivity contribution is -0.123. The van der Waals surface area contributed by atoms with E-state index < -0.39 is 0 Å². The first-order chi connectivity index (χ1) is 16.6. The first kappa shape index (κ1) is 22.4. The van der Waals surface area contributed by atoms with Gasteiger partial charge in [-0.25, -0.2) is 0 Å². The Morgan fingerprint density at radius 3 is 2.38 bits per heavy atom. The molecule has 0 spiro atoms. The van der Waals surface area contributed by atoms with Gasteiger partial charge in [-0.1, -0.05) is 82.7 Å². The summed E-state index contributed by atoms with van der Waals surface area (Å²) in [6.45, 7) is 0.728. The fraction of sp³-hybridized carbons (Fsp3) is 0.0714. The molecule has 5 rings (SSSR count). The summed E-state index contributed by atoms with van der Waals surface area (Å²) in [5.41, 5.74) is 2.87. The predicted octanol–water partition coefficient (Wildman–Crippen LogP) is 7.42. The lowest BCUT2D eigenvalue weighted by Gasteiger charge is -2.14. The monoisotopic (exact) mass is 529 g/mol. The molecule has 1 aliphatic heterocycles. The topological polar surface area (TPSA) is 46.6 Å². The molecular weight excluding hydrogens is 510 g/mol. The van der Waals surface area contributed by atoms with Crippen LogP contribution >= 0.6 is 27.7 Å². The Bertz CT molecular complexity index is 1390. The maximum Gasteiger partial charge on any atom is 0.293 e. The Morgan fingerprint density at radius 1 is 0.853 bits per heavy atom. The molecule has 4 nitrogen and oxygen atoms in total. The third-order valence-corrected chi connectivity index (χ3v) is 7.01. The Labute approximate surface area is 210 Å². The van der Waals surface area contributed by atoms with E-state index in [1.54, 1.807) is 6.08 Å². The zero-order chi connectivity index (χ0) is 23.5. The van der Waals surface area contributed by atoms with E-state index in [4.69, 9.17) is 4.74 Å². The first-order valence-electron chi connectivity index (χ1n) is 10.8. The third-order valence-electron chi connectivity index (χ3n) is 5.58. The molecule has 4 aromatic rings. The molecule has 2 amide bonds. The van der Waals surface area contributed by atoms with Gasteiger partial charge < -0.3 is 4.74 Å². The molecule has 4 aromatic carbocycles. The molecule has 0 N–H and O–H groups in total. The normalized spacial score (nSPS) is 14.9. The van der Waals surface area contributed by atoms with Crippen LogP contribution in [-0.4, -0.2) is 16.0 Å². The molecule has 1 heterocycles. The molecule has 34 heavy (non-hydrogen) atoms. The molecule has 6 heteroatoms. The number of thioether (sulfide) groups is 1. The zero-order valence-electron chi connectivity index (χ0n) is 18.1. The molecule has 0 saturated carbocycles. The van der Waals surface area contributed by atoms with E-state index in [0.717, 1.165) is 49.4 Å². The fourth-order valence-electron chi connectivity index (χ4n) is 3.80. The van der Waals surface area contributed by atoms with E-state index in [1.165, 1.54) is 4.90 Å². The van der Waals surface area contributed by atoms with Crippen molar-refractivity contribution < 1.29 is 14.3 Å². The van der Waals surface area contributed by atoms with Crippen molar-refractivity contribution in [3.8, 4) is 5.75 Å². The molecule has 1 fully saturated rings. The van der Waals surface area contributed by atoms with Crippen LogP contribution in [0.25, 0.3) is 16.8 Å². The number of hydrogen-bond donors (Lipinski definition) is 0. The number of nitrogens with zero attached hydrogens (tertiary/aromatic N) is 1. The minimum atomic E-state index is -0.265. The molecule has 0 atom stereocenters. The van der Waals surface area contributed by atoms with Crippen molar-refractivity contribution in [3.63, 3.8) is 0 Å². The largest absolute Gasteiger partial charge is 0.489 e. The summed E-state index contributed by atoms with van der Waals surface area (Å²) in [5.74, 6) is 0.475. The van der Waals surface area contributed by atoms with Gasteiger partial charge in [0, 0.05) is 4.47 Å². The van der Waals surface area contributed by atoms with Gasteiger partial charge in [-0.2, -0.15) is 0 Å². The SMILES string of the molecule is O=C1S/C(=C\c2ccc(OCc3ccc(Br)cc3)cc2)C(=O)N1Cc1cccc2ccccc12. The molecule has 0 aromatic heterocycles. The highest BCUT2D eigenvalue weighted by molar-refractivity contribution is 9.10. The van der Waals surface area contributed by atoms with Crippen molar-refractivity contribution in [2.24, 2.45) is 0 Å². The Morgan fingerprint density at radius 2 is 1.59 bits per heavy atom. The highest BCUT2D eigenvalue weighted by Gasteiger charge is 2.35. The number of imide groups is 1. The summed E-state index contributed by atoms with van der Waals surface area (Å²) in [4.78, 5) is 27.4. The number of carbonyl (C=O) groups is 2. The zero-order valence-corrected chi connectivity index (χ0v) is 20.5. The molecule has 168 valence electrons. The van der Waals surface area contributed by atoms with Crippen LogP contribution < -0.4 is 4.74 Å². The standard InChI is InChI=1S/C28H20BrNO3S/c29-23-12-8-20(9-13-23)18-33-24-14-10-19(11-15-24)16-26-27(31)30(28(32)34-26)17-22-6-3-5-21-4-1-2-7-25(21)22/h1-16H,17-18H2/b26-16-. The van der Waals surface area contributed by atoms with Crippen LogP contribution in [0, 0.1) is 0 Å². The highest BCUT2D eigenvalue weighted by Crippen LogP contribution is 2.34. The third kappa shape index (κ3) is 4.93. The summed E-state index contributed by atoms with van der Waals surface area (Å²) in [6, 6.07) is 29.4. The van der Waals surface area contributed by atoms with Crippen LogP contribution in [0.2, 0.25) is 0 Å². The van der Waals surface area contributed by atoms with Crippen molar-refractivity contribution >= 4 is 55.7 Å². The van der Waals surface area contributed by atoms with Crippen molar-refractivity contribution in [2.45, 2.75) is 13.2 Å². The molecule has 1 aliphatic rings. The van der Waals surface area contributed by atoms with Crippen molar-refractivity contribution in [1.82, 2.24) is 4.90 Å². The van der Waals surface area contributed by atoms with Gasteiger partial charge in [-0.3, -0.25) is 14.5 Å². The first-order valence-corrected chi connectivity index (χ1v) is 12.4. The minimum absolute atomic E-state index is 0.251. The second kappa shape index (κ2) is 9.87. The van der Waals surface area contributed by atoms with Crippen molar-refractivity contribution in [3.05, 3.63) is 117 Å². The average Bonchev–Trinajstić information content (AvgIpc) is 3.12. The molecular formula is C28H20BrNO3S. The second-order valence-electron chi connectivity index (χ2n) is 7.89. The quantitative estimate of drug-likeness (QED) is 0.244. The van der Waals surface area contributed by atoms with E-state index in [9.17, 15) is 9.59 Å². The van der Waals surface area contributed by atoms with E-state index in [2.05, 4.69) is 15.9 Å². The van der Waals surface area contributed by atoms with Crippen LogP contribution in [-0.2, 0) is 17.9 Å². The van der Waals surface area contributed by atoms with E-state index in [1.807, 2.05) is 91.0 Å². The summed E-state index contributed by atoms with van der Waals surface area (Å²) in [6.07, 6.45) is 1.76. The number of fused-ring (bicyclic) bond motifs is 1. The van der Waals surface area contributed by atoms with Crippen LogP contribution in [0.15, 0.2) is 100 Å². The second-order valence-corrected chi connectivity index (χ2v) is 9.80. The Kier molecular flexibility index (Phi) is 6.52. The van der Waals surface area contributed by atoms with Gasteiger partial charge in [0.25, 0.3) is 11.1 Å². The maximum absolute atomic E-state index is 13.0. The summed E-state index contributed by atoms with van der Waals surface area (Å²) < 4.78 is 6.87. The van der Waals surface area contributed by atoms with E-state index in [0.29, 0.717) is 11.5 Å². The van der Waals surface area contributed by atoms with Gasteiger partial charge in [0.15, 0.2) is 0 Å². The van der Waals surface area contributed by atoms with Crippen molar-refractivity contribution in [1.29, 1.82) is 0 Å². The molecule has 0 radical (unpaired) electrons. The Hall–Kier alpha value is -3.35. The lowest BCUT2D eigenvalue weighted by Crippen LogP contribution is -2.27. The van der Waals surface area contributed by atoms with E-state index >= 15 is 0 Å². The number of halogens is 1. The number of amides is 2. The summed E-state index contributed by atoms with van der Waals surface area (Å²) >= 11 is 4.40. The number of carbonyl (C=O) groups excluding carboxylic acids is 2. The summed E-state index contributed by atoms with van der Waals surface area (Å²) in [5, 5.41) is 1.88. The minimum Gasteiger partial charge on any atom is -0.489 e. The van der Waals surface area contributed by atoms with Gasteiger partial charge in [0.1, 0.15) is 12.4 Å². The van der Waals surface area contributed by atoms with Crippen LogP contribution in [0.3, 0.4) is 0 Å². The Balaban J connectivity index is 1.27. The van der Waals surface area contributed by atoms with Gasteiger partial charge in [0.05, 0.1) is 11.4 Å². The van der Waals surface area contributed by atoms with Crippen LogP contribution in [0.5, 0.6) is 5.75 Å². The molecule has 1 saturated heterocycles. The smallest absolute Gasteiger partial charge is 0.293 e. The number of benzene rings is 4. The van der Waals surface area contributed by atoms with Crippen LogP contribution in [0.4, 0.5) is 4.79 Å². The molecule has 0 aliphatic carbocycles. The maximum atomic E-state index is 13.0. The van der Waals surface area contributed by atoms with Gasteiger partial charge in [-0.05, 0) is 69.6 Å². The average molecular weight is 530 g/mol. The van der Waals surface area contributed by atoms with Gasteiger partial charge in [-0.15, -0.1) is 0 Å². The molecule has 0 bridgehead atoms. The number of rotatable bonds is 6. The van der Waals surface area contributed by atoms with Crippen LogP contribution in [0.1, 0.15) is 16.7 Å². The highest BCUT2D eigenvalue weighted by atomic mass is 79.9. The summed E-state index contributed by atoms with van der Waals surface area (Å²) in [7, 11) is 0. The van der Waals surface area contributed by atoms with E-state index in [-0.39, 0.29) is 17.7 Å². The van der Waals surface area contributed by atoms with Gasteiger partial charge in [0.2, 0.25) is 0 Å². The predicted molar refractivity (Wildman–Crippen MR) is 140 cm³/mol. The van der Waals surface area contributed by atoms with Gasteiger partial charge >= 0.3 is 0 Å². The fourth-order valence-corrected chi connectivity index (χ4v) is 4.90. The number of hydrogen-bond acceptors (Lipinski definition) is 4. The van der Waals surface area contributed by atoms with Crippen molar-refractivity contribution in [2.75, 3.05) is 0 Å². The number of ether oxygens (including phenoxy) is 1.